The van der Waals surface area contributed by atoms with Gasteiger partial charge in [-0.15, -0.1) is 0 Å². The van der Waals surface area contributed by atoms with Crippen LogP contribution in [-0.2, 0) is 4.74 Å². The number of rotatable bonds is 3. The van der Waals surface area contributed by atoms with Gasteiger partial charge < -0.3 is 19.9 Å². The van der Waals surface area contributed by atoms with Crippen molar-refractivity contribution in [3.05, 3.63) is 11.7 Å². The van der Waals surface area contributed by atoms with Crippen LogP contribution in [0.3, 0.4) is 0 Å². The Hall–Kier alpha value is -1.47. The van der Waals surface area contributed by atoms with Gasteiger partial charge in [0.2, 0.25) is 5.89 Å². The van der Waals surface area contributed by atoms with Crippen molar-refractivity contribution in [2.24, 2.45) is 0 Å². The molecule has 7 nitrogen and oxygen atoms in total. The van der Waals surface area contributed by atoms with Gasteiger partial charge in [-0.25, -0.2) is 0 Å². The molecule has 2 saturated heterocycles. The zero-order valence-corrected chi connectivity index (χ0v) is 11.6. The van der Waals surface area contributed by atoms with E-state index in [0.29, 0.717) is 19.1 Å². The van der Waals surface area contributed by atoms with Gasteiger partial charge in [0, 0.05) is 18.8 Å². The highest BCUT2D eigenvalue weighted by Gasteiger charge is 2.31. The zero-order chi connectivity index (χ0) is 14.0. The minimum atomic E-state index is -0.276. The number of ether oxygens (including phenoxy) is 1. The molecule has 20 heavy (non-hydrogen) atoms. The lowest BCUT2D eigenvalue weighted by atomic mass is 9.92. The molecule has 2 aliphatic heterocycles. The summed E-state index contributed by atoms with van der Waals surface area (Å²) < 4.78 is 10.5. The number of carbonyl (C=O) groups is 1. The second-order valence-electron chi connectivity index (χ2n) is 5.73. The number of carbonyl (C=O) groups excluding carboxylic acids is 1. The molecule has 0 spiro atoms. The summed E-state index contributed by atoms with van der Waals surface area (Å²) in [5, 5.41) is 10.0. The summed E-state index contributed by atoms with van der Waals surface area (Å²) in [6, 6.07) is 0.0858. The third-order valence-electron chi connectivity index (χ3n) is 4.01. The molecule has 0 saturated carbocycles. The van der Waals surface area contributed by atoms with Gasteiger partial charge in [0.05, 0.1) is 6.04 Å². The van der Waals surface area contributed by atoms with Crippen molar-refractivity contribution >= 4 is 5.91 Å². The average molecular weight is 280 g/mol. The highest BCUT2D eigenvalue weighted by Crippen LogP contribution is 2.22. The van der Waals surface area contributed by atoms with Gasteiger partial charge in [0.15, 0.2) is 0 Å². The minimum Gasteiger partial charge on any atom is -0.381 e. The minimum absolute atomic E-state index is 0.0858. The molecule has 0 aliphatic carbocycles. The molecule has 1 unspecified atom stereocenters. The molecule has 0 aromatic carbocycles. The Morgan fingerprint density at radius 2 is 2.25 bits per heavy atom. The first kappa shape index (κ1) is 13.5. The van der Waals surface area contributed by atoms with E-state index in [0.717, 1.165) is 32.2 Å². The fourth-order valence-corrected chi connectivity index (χ4v) is 2.64. The van der Waals surface area contributed by atoms with Gasteiger partial charge in [0.25, 0.3) is 11.7 Å². The van der Waals surface area contributed by atoms with Gasteiger partial charge in [-0.3, -0.25) is 4.79 Å². The first-order valence-electron chi connectivity index (χ1n) is 7.14. The fraction of sp³-hybridized carbons (Fsp3) is 0.769. The van der Waals surface area contributed by atoms with Crippen molar-refractivity contribution in [2.75, 3.05) is 19.8 Å². The summed E-state index contributed by atoms with van der Waals surface area (Å²) in [7, 11) is 0. The molecule has 2 fully saturated rings. The lowest BCUT2D eigenvalue weighted by Gasteiger charge is -2.33. The second kappa shape index (κ2) is 5.49. The van der Waals surface area contributed by atoms with E-state index < -0.39 is 0 Å². The maximum Gasteiger partial charge on any atom is 0.293 e. The van der Waals surface area contributed by atoms with Crippen molar-refractivity contribution in [1.29, 1.82) is 0 Å². The third-order valence-corrected chi connectivity index (χ3v) is 4.01. The topological polar surface area (TPSA) is 89.3 Å². The molecule has 1 amide bonds. The van der Waals surface area contributed by atoms with Gasteiger partial charge in [-0.1, -0.05) is 5.16 Å². The van der Waals surface area contributed by atoms with Gasteiger partial charge in [-0.05, 0) is 39.2 Å². The smallest absolute Gasteiger partial charge is 0.293 e. The first-order valence-corrected chi connectivity index (χ1v) is 7.14. The maximum atomic E-state index is 12.2. The van der Waals surface area contributed by atoms with E-state index in [1.807, 2.05) is 6.92 Å². The summed E-state index contributed by atoms with van der Waals surface area (Å²) >= 11 is 0. The van der Waals surface area contributed by atoms with Crippen LogP contribution in [0.5, 0.6) is 0 Å². The van der Waals surface area contributed by atoms with E-state index in [4.69, 9.17) is 9.26 Å². The van der Waals surface area contributed by atoms with Crippen LogP contribution in [0.15, 0.2) is 4.52 Å². The number of aromatic nitrogens is 2. The van der Waals surface area contributed by atoms with E-state index in [2.05, 4.69) is 20.8 Å². The molecule has 1 atom stereocenters. The molecule has 1 aromatic heterocycles. The highest BCUT2D eigenvalue weighted by atomic mass is 16.5. The Labute approximate surface area is 117 Å². The van der Waals surface area contributed by atoms with Crippen LogP contribution in [0, 0.1) is 0 Å². The van der Waals surface area contributed by atoms with E-state index in [9.17, 15) is 4.79 Å². The van der Waals surface area contributed by atoms with E-state index in [-0.39, 0.29) is 23.3 Å². The van der Waals surface area contributed by atoms with Crippen LogP contribution in [0.25, 0.3) is 0 Å². The largest absolute Gasteiger partial charge is 0.381 e. The third kappa shape index (κ3) is 2.83. The normalized spacial score (nSPS) is 25.6. The van der Waals surface area contributed by atoms with Gasteiger partial charge in [-0.2, -0.15) is 4.98 Å². The highest BCUT2D eigenvalue weighted by molar-refractivity contribution is 5.90. The molecular weight excluding hydrogens is 260 g/mol. The van der Waals surface area contributed by atoms with Gasteiger partial charge in [0.1, 0.15) is 0 Å². The Kier molecular flexibility index (Phi) is 3.71. The summed E-state index contributed by atoms with van der Waals surface area (Å²) in [5.41, 5.74) is -0.248. The predicted molar refractivity (Wildman–Crippen MR) is 70.2 cm³/mol. The summed E-state index contributed by atoms with van der Waals surface area (Å²) in [6.07, 6.45) is 3.66. The SMILES string of the molecule is CC1(NC(=O)c2noc(C3CCCN3)n2)CCOCC1. The van der Waals surface area contributed by atoms with Crippen LogP contribution in [0.1, 0.15) is 55.2 Å². The van der Waals surface area contributed by atoms with Crippen molar-refractivity contribution in [3.8, 4) is 0 Å². The summed E-state index contributed by atoms with van der Waals surface area (Å²) in [6.45, 7) is 4.31. The second-order valence-corrected chi connectivity index (χ2v) is 5.73. The van der Waals surface area contributed by atoms with Crippen molar-refractivity contribution in [3.63, 3.8) is 0 Å². The van der Waals surface area contributed by atoms with Crippen LogP contribution in [-0.4, -0.2) is 41.3 Å². The van der Waals surface area contributed by atoms with Crippen molar-refractivity contribution < 1.29 is 14.1 Å². The molecule has 3 heterocycles. The molecule has 2 N–H and O–H groups in total. The quantitative estimate of drug-likeness (QED) is 0.851. The Bertz CT molecular complexity index is 476. The fourth-order valence-electron chi connectivity index (χ4n) is 2.64. The molecule has 2 aliphatic rings. The van der Waals surface area contributed by atoms with E-state index in [1.54, 1.807) is 0 Å². The lowest BCUT2D eigenvalue weighted by molar-refractivity contribution is 0.0419. The summed E-state index contributed by atoms with van der Waals surface area (Å²) in [5.74, 6) is 0.341. The number of hydrogen-bond donors (Lipinski definition) is 2. The molecular formula is C13H20N4O3. The van der Waals surface area contributed by atoms with Crippen LogP contribution >= 0.6 is 0 Å². The van der Waals surface area contributed by atoms with Crippen molar-refractivity contribution in [1.82, 2.24) is 20.8 Å². The van der Waals surface area contributed by atoms with E-state index in [1.165, 1.54) is 0 Å². The standard InChI is InChI=1S/C13H20N4O3/c1-13(4-7-19-8-5-13)16-11(18)10-15-12(20-17-10)9-3-2-6-14-9/h9,14H,2-8H2,1H3,(H,16,18). The predicted octanol–water partition coefficient (Wildman–Crippen LogP) is 0.793. The van der Waals surface area contributed by atoms with Crippen LogP contribution in [0.2, 0.25) is 0 Å². The average Bonchev–Trinajstić information content (AvgIpc) is 3.10. The Morgan fingerprint density at radius 1 is 1.45 bits per heavy atom. The lowest BCUT2D eigenvalue weighted by Crippen LogP contribution is -2.49. The number of nitrogens with zero attached hydrogens (tertiary/aromatic N) is 2. The van der Waals surface area contributed by atoms with Gasteiger partial charge >= 0.3 is 0 Å². The number of nitrogens with one attached hydrogen (secondary N) is 2. The van der Waals surface area contributed by atoms with Crippen LogP contribution < -0.4 is 10.6 Å². The molecule has 1 aromatic rings. The number of hydrogen-bond acceptors (Lipinski definition) is 6. The maximum absolute atomic E-state index is 12.2. The Balaban J connectivity index is 1.64. The van der Waals surface area contributed by atoms with Crippen LogP contribution in [0.4, 0.5) is 0 Å². The van der Waals surface area contributed by atoms with Crippen molar-refractivity contribution in [2.45, 2.75) is 44.2 Å². The monoisotopic (exact) mass is 280 g/mol. The van der Waals surface area contributed by atoms with E-state index >= 15 is 0 Å². The number of amides is 1. The first-order chi connectivity index (χ1) is 9.66. The molecule has 7 heteroatoms. The molecule has 0 bridgehead atoms. The zero-order valence-electron chi connectivity index (χ0n) is 11.6. The molecule has 3 rings (SSSR count). The summed E-state index contributed by atoms with van der Waals surface area (Å²) in [4.78, 5) is 16.4. The Morgan fingerprint density at radius 3 is 2.95 bits per heavy atom. The molecule has 0 radical (unpaired) electrons. The molecule has 110 valence electrons.